The lowest BCUT2D eigenvalue weighted by Gasteiger charge is -2.35. The number of aliphatic carboxylic acids is 1. The predicted octanol–water partition coefficient (Wildman–Crippen LogP) is 1.54. The number of hydrogen-bond acceptors (Lipinski definition) is 3. The SMILES string of the molecule is CC(=O)NCCCCCC(=O)N1CCCCC1CC(=O)O. The van der Waals surface area contributed by atoms with Crippen molar-refractivity contribution in [2.24, 2.45) is 0 Å². The number of rotatable bonds is 8. The predicted molar refractivity (Wildman–Crippen MR) is 78.8 cm³/mol. The molecule has 0 saturated carbocycles. The number of likely N-dealkylation sites (tertiary alicyclic amines) is 1. The van der Waals surface area contributed by atoms with Gasteiger partial charge in [0.1, 0.15) is 0 Å². The Kier molecular flexibility index (Phi) is 7.79. The van der Waals surface area contributed by atoms with Crippen molar-refractivity contribution in [2.45, 2.75) is 64.3 Å². The van der Waals surface area contributed by atoms with E-state index in [1.54, 1.807) is 4.90 Å². The minimum atomic E-state index is -0.838. The molecule has 6 nitrogen and oxygen atoms in total. The maximum Gasteiger partial charge on any atom is 0.305 e. The van der Waals surface area contributed by atoms with E-state index in [4.69, 9.17) is 5.11 Å². The maximum absolute atomic E-state index is 12.2. The average Bonchev–Trinajstić information content (AvgIpc) is 2.42. The average molecular weight is 298 g/mol. The molecule has 0 aromatic rings. The molecule has 1 saturated heterocycles. The lowest BCUT2D eigenvalue weighted by Crippen LogP contribution is -2.44. The van der Waals surface area contributed by atoms with Crippen molar-refractivity contribution in [3.8, 4) is 0 Å². The van der Waals surface area contributed by atoms with Gasteiger partial charge in [0, 0.05) is 32.5 Å². The van der Waals surface area contributed by atoms with Crippen LogP contribution in [0.25, 0.3) is 0 Å². The van der Waals surface area contributed by atoms with Crippen LogP contribution in [0.4, 0.5) is 0 Å². The molecule has 0 radical (unpaired) electrons. The largest absolute Gasteiger partial charge is 0.481 e. The van der Waals surface area contributed by atoms with Crippen LogP contribution in [0.2, 0.25) is 0 Å². The van der Waals surface area contributed by atoms with Crippen LogP contribution in [0, 0.1) is 0 Å². The molecule has 1 unspecified atom stereocenters. The summed E-state index contributed by atoms with van der Waals surface area (Å²) in [7, 11) is 0. The van der Waals surface area contributed by atoms with Crippen LogP contribution in [-0.4, -0.2) is 46.9 Å². The highest BCUT2D eigenvalue weighted by Gasteiger charge is 2.27. The van der Waals surface area contributed by atoms with Gasteiger partial charge in [0.2, 0.25) is 11.8 Å². The van der Waals surface area contributed by atoms with E-state index in [0.717, 1.165) is 38.5 Å². The fourth-order valence-electron chi connectivity index (χ4n) is 2.73. The van der Waals surface area contributed by atoms with Gasteiger partial charge in [-0.05, 0) is 32.1 Å². The third-order valence-corrected chi connectivity index (χ3v) is 3.80. The number of nitrogens with one attached hydrogen (secondary N) is 1. The Morgan fingerprint density at radius 3 is 2.62 bits per heavy atom. The summed E-state index contributed by atoms with van der Waals surface area (Å²) in [5.41, 5.74) is 0. The molecule has 0 aromatic carbocycles. The minimum Gasteiger partial charge on any atom is -0.481 e. The molecule has 0 aromatic heterocycles. The van der Waals surface area contributed by atoms with E-state index in [2.05, 4.69) is 5.32 Å². The molecule has 1 rings (SSSR count). The van der Waals surface area contributed by atoms with Crippen LogP contribution in [0.3, 0.4) is 0 Å². The van der Waals surface area contributed by atoms with E-state index < -0.39 is 5.97 Å². The molecule has 6 heteroatoms. The third kappa shape index (κ3) is 7.11. The Bertz CT molecular complexity index is 371. The normalized spacial score (nSPS) is 18.3. The zero-order chi connectivity index (χ0) is 15.7. The van der Waals surface area contributed by atoms with Crippen LogP contribution < -0.4 is 5.32 Å². The van der Waals surface area contributed by atoms with E-state index in [-0.39, 0.29) is 24.3 Å². The Morgan fingerprint density at radius 1 is 1.19 bits per heavy atom. The molecule has 2 amide bonds. The van der Waals surface area contributed by atoms with Crippen molar-refractivity contribution in [1.29, 1.82) is 0 Å². The molecule has 21 heavy (non-hydrogen) atoms. The fraction of sp³-hybridized carbons (Fsp3) is 0.800. The number of amides is 2. The number of unbranched alkanes of at least 4 members (excludes halogenated alkanes) is 2. The molecule has 1 aliphatic rings. The second kappa shape index (κ2) is 9.37. The summed E-state index contributed by atoms with van der Waals surface area (Å²) in [5.74, 6) is -0.800. The number of carbonyl (C=O) groups is 3. The molecular weight excluding hydrogens is 272 g/mol. The summed E-state index contributed by atoms with van der Waals surface area (Å²) in [4.78, 5) is 35.5. The minimum absolute atomic E-state index is 0.0316. The lowest BCUT2D eigenvalue weighted by atomic mass is 9.98. The van der Waals surface area contributed by atoms with Gasteiger partial charge in [0.05, 0.1) is 6.42 Å². The second-order valence-corrected chi connectivity index (χ2v) is 5.63. The zero-order valence-corrected chi connectivity index (χ0v) is 12.8. The maximum atomic E-state index is 12.2. The Balaban J connectivity index is 2.25. The number of hydrogen-bond donors (Lipinski definition) is 2. The molecule has 0 bridgehead atoms. The Labute approximate surface area is 125 Å². The first-order valence-electron chi connectivity index (χ1n) is 7.76. The highest BCUT2D eigenvalue weighted by atomic mass is 16.4. The van der Waals surface area contributed by atoms with Crippen molar-refractivity contribution < 1.29 is 19.5 Å². The molecule has 1 atom stereocenters. The highest BCUT2D eigenvalue weighted by molar-refractivity contribution is 5.77. The first kappa shape index (κ1) is 17.5. The van der Waals surface area contributed by atoms with Gasteiger partial charge in [0.25, 0.3) is 0 Å². The van der Waals surface area contributed by atoms with Gasteiger partial charge in [0.15, 0.2) is 0 Å². The third-order valence-electron chi connectivity index (χ3n) is 3.80. The summed E-state index contributed by atoms with van der Waals surface area (Å²) in [5, 5.41) is 11.6. The molecule has 120 valence electrons. The van der Waals surface area contributed by atoms with E-state index >= 15 is 0 Å². The van der Waals surface area contributed by atoms with Gasteiger partial charge in [-0.15, -0.1) is 0 Å². The number of piperidine rings is 1. The van der Waals surface area contributed by atoms with E-state index in [9.17, 15) is 14.4 Å². The van der Waals surface area contributed by atoms with Gasteiger partial charge < -0.3 is 15.3 Å². The molecule has 0 aliphatic carbocycles. The molecule has 0 spiro atoms. The smallest absolute Gasteiger partial charge is 0.305 e. The quantitative estimate of drug-likeness (QED) is 0.665. The monoisotopic (exact) mass is 298 g/mol. The number of nitrogens with zero attached hydrogens (tertiary/aromatic N) is 1. The van der Waals surface area contributed by atoms with E-state index in [1.807, 2.05) is 0 Å². The lowest BCUT2D eigenvalue weighted by molar-refractivity contribution is -0.142. The summed E-state index contributed by atoms with van der Waals surface area (Å²) < 4.78 is 0. The topological polar surface area (TPSA) is 86.7 Å². The van der Waals surface area contributed by atoms with E-state index in [0.29, 0.717) is 19.5 Å². The molecular formula is C15H26N2O4. The molecule has 1 heterocycles. The Morgan fingerprint density at radius 2 is 1.95 bits per heavy atom. The van der Waals surface area contributed by atoms with Crippen LogP contribution in [0.5, 0.6) is 0 Å². The van der Waals surface area contributed by atoms with Crippen molar-refractivity contribution in [3.05, 3.63) is 0 Å². The van der Waals surface area contributed by atoms with Crippen molar-refractivity contribution >= 4 is 17.8 Å². The van der Waals surface area contributed by atoms with Gasteiger partial charge in [-0.25, -0.2) is 0 Å². The summed E-state index contributed by atoms with van der Waals surface area (Å²) in [6.45, 7) is 2.82. The fourth-order valence-corrected chi connectivity index (χ4v) is 2.73. The van der Waals surface area contributed by atoms with Crippen LogP contribution in [-0.2, 0) is 14.4 Å². The van der Waals surface area contributed by atoms with Gasteiger partial charge >= 0.3 is 5.97 Å². The zero-order valence-electron chi connectivity index (χ0n) is 12.8. The summed E-state index contributed by atoms with van der Waals surface area (Å²) in [6.07, 6.45) is 5.82. The Hall–Kier alpha value is -1.59. The van der Waals surface area contributed by atoms with Crippen LogP contribution in [0.1, 0.15) is 58.3 Å². The van der Waals surface area contributed by atoms with Crippen LogP contribution >= 0.6 is 0 Å². The van der Waals surface area contributed by atoms with Gasteiger partial charge in [-0.1, -0.05) is 6.42 Å². The highest BCUT2D eigenvalue weighted by Crippen LogP contribution is 2.21. The van der Waals surface area contributed by atoms with Crippen LogP contribution in [0.15, 0.2) is 0 Å². The number of carbonyl (C=O) groups excluding carboxylic acids is 2. The first-order valence-corrected chi connectivity index (χ1v) is 7.76. The van der Waals surface area contributed by atoms with Gasteiger partial charge in [-0.2, -0.15) is 0 Å². The van der Waals surface area contributed by atoms with E-state index in [1.165, 1.54) is 6.92 Å². The molecule has 2 N–H and O–H groups in total. The number of carboxylic acids is 1. The summed E-state index contributed by atoms with van der Waals surface area (Å²) >= 11 is 0. The number of carboxylic acid groups (broad SMARTS) is 1. The van der Waals surface area contributed by atoms with Crippen molar-refractivity contribution in [1.82, 2.24) is 10.2 Å². The molecule has 1 aliphatic heterocycles. The summed E-state index contributed by atoms with van der Waals surface area (Å²) in [6, 6.07) is -0.136. The standard InChI is InChI=1S/C15H26N2O4/c1-12(18)16-9-5-2-3-8-14(19)17-10-6-4-7-13(17)11-15(20)21/h13H,2-11H2,1H3,(H,16,18)(H,20,21). The second-order valence-electron chi connectivity index (χ2n) is 5.63. The van der Waals surface area contributed by atoms with Crippen molar-refractivity contribution in [3.63, 3.8) is 0 Å². The van der Waals surface area contributed by atoms with Gasteiger partial charge in [-0.3, -0.25) is 14.4 Å². The molecule has 1 fully saturated rings. The van der Waals surface area contributed by atoms with Crippen molar-refractivity contribution in [2.75, 3.05) is 13.1 Å². The first-order chi connectivity index (χ1) is 10.0.